The minimum atomic E-state index is -0.509. The van der Waals surface area contributed by atoms with Gasteiger partial charge in [-0.3, -0.25) is 9.59 Å². The quantitative estimate of drug-likeness (QED) is 0.534. The van der Waals surface area contributed by atoms with Crippen molar-refractivity contribution >= 4 is 34.8 Å². The van der Waals surface area contributed by atoms with Gasteiger partial charge in [0.15, 0.2) is 0 Å². The summed E-state index contributed by atoms with van der Waals surface area (Å²) in [5.41, 5.74) is 2.92. The molecule has 2 N–H and O–H groups in total. The fraction of sp³-hybridized carbons (Fsp3) is 0.231. The lowest BCUT2D eigenvalue weighted by Crippen LogP contribution is -2.37. The average molecular weight is 464 g/mol. The van der Waals surface area contributed by atoms with Gasteiger partial charge in [-0.15, -0.1) is 0 Å². The van der Waals surface area contributed by atoms with E-state index in [2.05, 4.69) is 15.5 Å². The van der Waals surface area contributed by atoms with Crippen molar-refractivity contribution in [1.82, 2.24) is 5.32 Å². The van der Waals surface area contributed by atoms with Crippen LogP contribution in [0.1, 0.15) is 28.4 Å². The third-order valence-corrected chi connectivity index (χ3v) is 5.87. The highest BCUT2D eigenvalue weighted by Gasteiger charge is 2.22. The van der Waals surface area contributed by atoms with Crippen LogP contribution in [0.25, 0.3) is 0 Å². The number of amides is 2. The molecule has 4 rings (SSSR count). The summed E-state index contributed by atoms with van der Waals surface area (Å²) < 4.78 is 5.45. The molecule has 0 saturated carbocycles. The summed E-state index contributed by atoms with van der Waals surface area (Å²) in [4.78, 5) is 28.2. The normalized spacial score (nSPS) is 14.4. The number of para-hydroxylation sites is 2. The lowest BCUT2D eigenvalue weighted by Gasteiger charge is -2.30. The van der Waals surface area contributed by atoms with Crippen molar-refractivity contribution < 1.29 is 14.3 Å². The summed E-state index contributed by atoms with van der Waals surface area (Å²) >= 11 is 6.20. The molecule has 7 heteroatoms. The van der Waals surface area contributed by atoms with Gasteiger partial charge in [-0.2, -0.15) is 0 Å². The largest absolute Gasteiger partial charge is 0.378 e. The van der Waals surface area contributed by atoms with E-state index in [1.165, 1.54) is 0 Å². The second kappa shape index (κ2) is 11.0. The number of carbonyl (C=O) groups excluding carboxylic acids is 2. The van der Waals surface area contributed by atoms with E-state index in [4.69, 9.17) is 16.3 Å². The number of rotatable bonds is 7. The summed E-state index contributed by atoms with van der Waals surface area (Å²) in [6.07, 6.45) is 0.0810. The first-order valence-electron chi connectivity index (χ1n) is 10.9. The molecule has 0 unspecified atom stereocenters. The molecule has 0 aliphatic carbocycles. The van der Waals surface area contributed by atoms with Gasteiger partial charge in [0.25, 0.3) is 5.91 Å². The molecule has 6 nitrogen and oxygen atoms in total. The van der Waals surface area contributed by atoms with Crippen LogP contribution in [0.5, 0.6) is 0 Å². The number of hydrogen-bond acceptors (Lipinski definition) is 4. The standard InChI is InChI=1S/C26H26ClN3O3/c27-21-11-5-4-10-20(21)26(32)29-23(19-8-2-1-3-9-19)18-25(31)28-22-12-6-7-13-24(22)30-14-16-33-17-15-30/h1-13,23H,14-18H2,(H,28,31)(H,29,32)/t23-/m1/s1. The van der Waals surface area contributed by atoms with E-state index in [-0.39, 0.29) is 18.2 Å². The number of benzene rings is 3. The third-order valence-electron chi connectivity index (χ3n) is 5.55. The van der Waals surface area contributed by atoms with Gasteiger partial charge in [0.1, 0.15) is 0 Å². The SMILES string of the molecule is O=C(C[C@@H](NC(=O)c1ccccc1Cl)c1ccccc1)Nc1ccccc1N1CCOCC1. The molecule has 0 spiro atoms. The van der Waals surface area contributed by atoms with E-state index < -0.39 is 6.04 Å². The first-order chi connectivity index (χ1) is 16.1. The van der Waals surface area contributed by atoms with Gasteiger partial charge in [-0.25, -0.2) is 0 Å². The highest BCUT2D eigenvalue weighted by Crippen LogP contribution is 2.27. The number of anilines is 2. The number of nitrogens with zero attached hydrogens (tertiary/aromatic N) is 1. The highest BCUT2D eigenvalue weighted by atomic mass is 35.5. The van der Waals surface area contributed by atoms with Crippen LogP contribution < -0.4 is 15.5 Å². The fourth-order valence-electron chi connectivity index (χ4n) is 3.86. The van der Waals surface area contributed by atoms with Gasteiger partial charge in [0.2, 0.25) is 5.91 Å². The molecule has 3 aromatic rings. The Kier molecular flexibility index (Phi) is 7.60. The zero-order valence-corrected chi connectivity index (χ0v) is 18.9. The molecule has 1 saturated heterocycles. The Morgan fingerprint density at radius 3 is 2.33 bits per heavy atom. The Balaban J connectivity index is 1.51. The van der Waals surface area contributed by atoms with Crippen LogP contribution in [0.15, 0.2) is 78.9 Å². The molecule has 2 amide bonds. The average Bonchev–Trinajstić information content (AvgIpc) is 2.85. The van der Waals surface area contributed by atoms with Gasteiger partial charge in [0, 0.05) is 13.1 Å². The Bertz CT molecular complexity index is 1100. The lowest BCUT2D eigenvalue weighted by molar-refractivity contribution is -0.116. The second-order valence-corrected chi connectivity index (χ2v) is 8.19. The lowest BCUT2D eigenvalue weighted by atomic mass is 10.0. The van der Waals surface area contributed by atoms with Gasteiger partial charge in [-0.05, 0) is 29.8 Å². The molecule has 1 atom stereocenters. The molecule has 33 heavy (non-hydrogen) atoms. The maximum atomic E-state index is 13.1. The van der Waals surface area contributed by atoms with Gasteiger partial charge in [0.05, 0.1) is 47.6 Å². The summed E-state index contributed by atoms with van der Waals surface area (Å²) in [5, 5.41) is 6.37. The summed E-state index contributed by atoms with van der Waals surface area (Å²) in [7, 11) is 0. The van der Waals surface area contributed by atoms with Crippen molar-refractivity contribution in [2.45, 2.75) is 12.5 Å². The molecule has 1 aliphatic heterocycles. The predicted molar refractivity (Wildman–Crippen MR) is 131 cm³/mol. The number of ether oxygens (including phenoxy) is 1. The molecular weight excluding hydrogens is 438 g/mol. The van der Waals surface area contributed by atoms with E-state index in [0.717, 1.165) is 30.0 Å². The first-order valence-corrected chi connectivity index (χ1v) is 11.3. The van der Waals surface area contributed by atoms with Crippen molar-refractivity contribution in [3.63, 3.8) is 0 Å². The van der Waals surface area contributed by atoms with Gasteiger partial charge >= 0.3 is 0 Å². The van der Waals surface area contributed by atoms with Gasteiger partial charge < -0.3 is 20.3 Å². The molecule has 0 bridgehead atoms. The zero-order valence-electron chi connectivity index (χ0n) is 18.2. The van der Waals surface area contributed by atoms with E-state index in [1.54, 1.807) is 24.3 Å². The second-order valence-electron chi connectivity index (χ2n) is 7.79. The molecular formula is C26H26ClN3O3. The Morgan fingerprint density at radius 2 is 1.58 bits per heavy atom. The smallest absolute Gasteiger partial charge is 0.253 e. The van der Waals surface area contributed by atoms with Crippen LogP contribution in [0, 0.1) is 0 Å². The highest BCUT2D eigenvalue weighted by molar-refractivity contribution is 6.33. The first kappa shape index (κ1) is 22.8. The van der Waals surface area contributed by atoms with E-state index >= 15 is 0 Å². The molecule has 3 aromatic carbocycles. The monoisotopic (exact) mass is 463 g/mol. The van der Waals surface area contributed by atoms with Crippen LogP contribution in [-0.2, 0) is 9.53 Å². The number of nitrogens with one attached hydrogen (secondary N) is 2. The van der Waals surface area contributed by atoms with Crippen molar-refractivity contribution in [3.05, 3.63) is 95.0 Å². The Hall–Kier alpha value is -3.35. The summed E-state index contributed by atoms with van der Waals surface area (Å²) in [5.74, 6) is -0.514. The molecule has 1 aliphatic rings. The Morgan fingerprint density at radius 1 is 0.909 bits per heavy atom. The summed E-state index contributed by atoms with van der Waals surface area (Å²) in [6, 6.07) is 23.6. The van der Waals surface area contributed by atoms with E-state index in [1.807, 2.05) is 54.6 Å². The van der Waals surface area contributed by atoms with Crippen LogP contribution in [-0.4, -0.2) is 38.1 Å². The zero-order chi connectivity index (χ0) is 23.0. The van der Waals surface area contributed by atoms with E-state index in [9.17, 15) is 9.59 Å². The van der Waals surface area contributed by atoms with Crippen LogP contribution in [0.4, 0.5) is 11.4 Å². The van der Waals surface area contributed by atoms with Gasteiger partial charge in [-0.1, -0.05) is 66.2 Å². The minimum absolute atomic E-state index is 0.0810. The third kappa shape index (κ3) is 5.92. The molecule has 0 aromatic heterocycles. The maximum Gasteiger partial charge on any atom is 0.253 e. The molecule has 1 fully saturated rings. The van der Waals surface area contributed by atoms with Crippen LogP contribution >= 0.6 is 11.6 Å². The topological polar surface area (TPSA) is 70.7 Å². The summed E-state index contributed by atoms with van der Waals surface area (Å²) in [6.45, 7) is 2.86. The van der Waals surface area contributed by atoms with Crippen LogP contribution in [0.3, 0.4) is 0 Å². The Labute approximate surface area is 198 Å². The number of carbonyl (C=O) groups is 2. The van der Waals surface area contributed by atoms with Crippen LogP contribution in [0.2, 0.25) is 5.02 Å². The number of morpholine rings is 1. The van der Waals surface area contributed by atoms with Crippen molar-refractivity contribution in [1.29, 1.82) is 0 Å². The van der Waals surface area contributed by atoms with Crippen molar-refractivity contribution in [2.24, 2.45) is 0 Å². The van der Waals surface area contributed by atoms with Crippen molar-refractivity contribution in [2.75, 3.05) is 36.5 Å². The molecule has 0 radical (unpaired) electrons. The minimum Gasteiger partial charge on any atom is -0.378 e. The predicted octanol–water partition coefficient (Wildman–Crippen LogP) is 4.68. The maximum absolute atomic E-state index is 13.1. The number of hydrogen-bond donors (Lipinski definition) is 2. The van der Waals surface area contributed by atoms with E-state index in [0.29, 0.717) is 23.8 Å². The number of halogens is 1. The fourth-order valence-corrected chi connectivity index (χ4v) is 4.09. The van der Waals surface area contributed by atoms with Crippen molar-refractivity contribution in [3.8, 4) is 0 Å². The molecule has 170 valence electrons. The molecule has 1 heterocycles.